The van der Waals surface area contributed by atoms with E-state index in [1.165, 1.54) is 32.1 Å². The van der Waals surface area contributed by atoms with E-state index in [0.29, 0.717) is 11.7 Å². The lowest BCUT2D eigenvalue weighted by atomic mass is 9.95. The van der Waals surface area contributed by atoms with Crippen LogP contribution in [0.3, 0.4) is 0 Å². The lowest BCUT2D eigenvalue weighted by molar-refractivity contribution is 0.462. The number of aromatic nitrogens is 2. The number of nitrogens with one attached hydrogen (secondary N) is 2. The predicted molar refractivity (Wildman–Crippen MR) is 71.1 cm³/mol. The molecule has 5 nitrogen and oxygen atoms in total. The molecule has 1 aromatic heterocycles. The Labute approximate surface area is 102 Å². The molecule has 0 aliphatic heterocycles. The molecule has 0 spiro atoms. The first-order valence-electron chi connectivity index (χ1n) is 6.42. The average molecular weight is 235 g/mol. The second-order valence-corrected chi connectivity index (χ2v) is 4.49. The molecule has 4 N–H and O–H groups in total. The molecular formula is C12H21N5. The van der Waals surface area contributed by atoms with Gasteiger partial charge in [-0.2, -0.15) is 0 Å². The Bertz CT molecular complexity index is 360. The molecule has 1 fully saturated rings. The molecule has 0 aromatic carbocycles. The summed E-state index contributed by atoms with van der Waals surface area (Å²) in [6.45, 7) is 2.83. The normalized spacial score (nSPS) is 16.8. The van der Waals surface area contributed by atoms with Crippen LogP contribution in [0.25, 0.3) is 0 Å². The van der Waals surface area contributed by atoms with Crippen molar-refractivity contribution in [3.8, 4) is 0 Å². The first-order chi connectivity index (χ1) is 8.31. The number of rotatable bonds is 4. The number of anilines is 3. The van der Waals surface area contributed by atoms with Gasteiger partial charge in [0.15, 0.2) is 11.6 Å². The van der Waals surface area contributed by atoms with E-state index in [4.69, 9.17) is 5.73 Å². The van der Waals surface area contributed by atoms with Gasteiger partial charge in [-0.15, -0.1) is 0 Å². The van der Waals surface area contributed by atoms with E-state index in [9.17, 15) is 0 Å². The fourth-order valence-corrected chi connectivity index (χ4v) is 2.26. The first-order valence-corrected chi connectivity index (χ1v) is 6.42. The fourth-order valence-electron chi connectivity index (χ4n) is 2.26. The second-order valence-electron chi connectivity index (χ2n) is 4.49. The number of nitrogens with two attached hydrogens (primary N) is 1. The van der Waals surface area contributed by atoms with Crippen LogP contribution in [0.5, 0.6) is 0 Å². The van der Waals surface area contributed by atoms with Gasteiger partial charge in [0.1, 0.15) is 12.0 Å². The smallest absolute Gasteiger partial charge is 0.155 e. The van der Waals surface area contributed by atoms with Gasteiger partial charge < -0.3 is 16.4 Å². The Morgan fingerprint density at radius 2 is 1.94 bits per heavy atom. The first kappa shape index (κ1) is 12.0. The van der Waals surface area contributed by atoms with Crippen molar-refractivity contribution in [2.24, 2.45) is 0 Å². The van der Waals surface area contributed by atoms with Crippen LogP contribution < -0.4 is 16.4 Å². The average Bonchev–Trinajstić information content (AvgIpc) is 2.36. The molecule has 17 heavy (non-hydrogen) atoms. The quantitative estimate of drug-likeness (QED) is 0.746. The lowest BCUT2D eigenvalue weighted by Gasteiger charge is -2.24. The van der Waals surface area contributed by atoms with Crippen LogP contribution in [0, 0.1) is 0 Å². The van der Waals surface area contributed by atoms with Crippen molar-refractivity contribution in [2.75, 3.05) is 22.9 Å². The van der Waals surface area contributed by atoms with Gasteiger partial charge in [-0.25, -0.2) is 9.97 Å². The summed E-state index contributed by atoms with van der Waals surface area (Å²) in [5.41, 5.74) is 6.66. The van der Waals surface area contributed by atoms with E-state index in [2.05, 4.69) is 20.6 Å². The predicted octanol–water partition coefficient (Wildman–Crippen LogP) is 2.24. The fraction of sp³-hybridized carbons (Fsp3) is 0.667. The molecule has 0 saturated heterocycles. The largest absolute Gasteiger partial charge is 0.393 e. The summed E-state index contributed by atoms with van der Waals surface area (Å²) < 4.78 is 0. The van der Waals surface area contributed by atoms with E-state index in [-0.39, 0.29) is 0 Å². The molecule has 0 atom stereocenters. The van der Waals surface area contributed by atoms with Gasteiger partial charge in [-0.3, -0.25) is 0 Å². The monoisotopic (exact) mass is 235 g/mol. The summed E-state index contributed by atoms with van der Waals surface area (Å²) in [5, 5.41) is 6.57. The number of hydrogen-bond donors (Lipinski definition) is 3. The molecule has 0 radical (unpaired) electrons. The Morgan fingerprint density at radius 1 is 1.24 bits per heavy atom. The molecule has 1 heterocycles. The molecule has 0 amide bonds. The standard InChI is InChI=1S/C12H21N5/c1-2-14-11-10(13)12(16-8-15-11)17-9-6-4-3-5-7-9/h8-9H,2-7,13H2,1H3,(H2,14,15,16,17). The van der Waals surface area contributed by atoms with Crippen LogP contribution in [-0.4, -0.2) is 22.6 Å². The van der Waals surface area contributed by atoms with Crippen molar-refractivity contribution in [3.05, 3.63) is 6.33 Å². The van der Waals surface area contributed by atoms with Gasteiger partial charge in [0.25, 0.3) is 0 Å². The summed E-state index contributed by atoms with van der Waals surface area (Å²) in [4.78, 5) is 8.36. The Balaban J connectivity index is 2.06. The molecule has 5 heteroatoms. The SMILES string of the molecule is CCNc1ncnc(NC2CCCCC2)c1N. The van der Waals surface area contributed by atoms with Crippen LogP contribution in [0.2, 0.25) is 0 Å². The highest BCUT2D eigenvalue weighted by Crippen LogP contribution is 2.26. The zero-order chi connectivity index (χ0) is 12.1. The zero-order valence-electron chi connectivity index (χ0n) is 10.4. The molecule has 0 unspecified atom stereocenters. The highest BCUT2D eigenvalue weighted by Gasteiger charge is 2.15. The van der Waals surface area contributed by atoms with E-state index in [0.717, 1.165) is 18.2 Å². The van der Waals surface area contributed by atoms with Crippen molar-refractivity contribution in [1.29, 1.82) is 0 Å². The molecule has 1 aliphatic carbocycles. The molecular weight excluding hydrogens is 214 g/mol. The van der Waals surface area contributed by atoms with Gasteiger partial charge in [-0.1, -0.05) is 19.3 Å². The zero-order valence-corrected chi connectivity index (χ0v) is 10.4. The van der Waals surface area contributed by atoms with Crippen molar-refractivity contribution < 1.29 is 0 Å². The molecule has 94 valence electrons. The minimum Gasteiger partial charge on any atom is -0.393 e. The van der Waals surface area contributed by atoms with Gasteiger partial charge >= 0.3 is 0 Å². The minimum absolute atomic E-state index is 0.510. The maximum atomic E-state index is 6.04. The van der Waals surface area contributed by atoms with Gasteiger partial charge in [0, 0.05) is 12.6 Å². The van der Waals surface area contributed by atoms with E-state index in [1.807, 2.05) is 6.92 Å². The summed E-state index contributed by atoms with van der Waals surface area (Å²) >= 11 is 0. The van der Waals surface area contributed by atoms with Crippen LogP contribution in [0.15, 0.2) is 6.33 Å². The van der Waals surface area contributed by atoms with Crippen LogP contribution >= 0.6 is 0 Å². The molecule has 1 aliphatic rings. The van der Waals surface area contributed by atoms with Gasteiger partial charge in [-0.05, 0) is 19.8 Å². The van der Waals surface area contributed by atoms with Crippen molar-refractivity contribution >= 4 is 17.3 Å². The van der Waals surface area contributed by atoms with Crippen LogP contribution in [0.4, 0.5) is 17.3 Å². The Hall–Kier alpha value is -1.52. The molecule has 1 saturated carbocycles. The summed E-state index contributed by atoms with van der Waals surface area (Å²) in [5.74, 6) is 1.49. The third-order valence-electron chi connectivity index (χ3n) is 3.17. The van der Waals surface area contributed by atoms with Gasteiger partial charge in [0.05, 0.1) is 0 Å². The highest BCUT2D eigenvalue weighted by molar-refractivity contribution is 5.74. The van der Waals surface area contributed by atoms with Crippen molar-refractivity contribution in [1.82, 2.24) is 9.97 Å². The summed E-state index contributed by atoms with van der Waals surface area (Å²) in [6, 6.07) is 0.510. The van der Waals surface area contributed by atoms with Gasteiger partial charge in [0.2, 0.25) is 0 Å². The Morgan fingerprint density at radius 3 is 2.65 bits per heavy atom. The van der Waals surface area contributed by atoms with Crippen LogP contribution in [0.1, 0.15) is 39.0 Å². The topological polar surface area (TPSA) is 75.9 Å². The third kappa shape index (κ3) is 2.99. The number of nitrogens with zero attached hydrogens (tertiary/aromatic N) is 2. The maximum absolute atomic E-state index is 6.04. The summed E-state index contributed by atoms with van der Waals surface area (Å²) in [6.07, 6.45) is 7.91. The Kier molecular flexibility index (Phi) is 4.01. The minimum atomic E-state index is 0.510. The lowest BCUT2D eigenvalue weighted by Crippen LogP contribution is -2.23. The highest BCUT2D eigenvalue weighted by atomic mass is 15.1. The van der Waals surface area contributed by atoms with E-state index < -0.39 is 0 Å². The van der Waals surface area contributed by atoms with Crippen molar-refractivity contribution in [3.63, 3.8) is 0 Å². The van der Waals surface area contributed by atoms with E-state index >= 15 is 0 Å². The van der Waals surface area contributed by atoms with E-state index in [1.54, 1.807) is 6.33 Å². The van der Waals surface area contributed by atoms with Crippen molar-refractivity contribution in [2.45, 2.75) is 45.1 Å². The third-order valence-corrected chi connectivity index (χ3v) is 3.17. The molecule has 2 rings (SSSR count). The second kappa shape index (κ2) is 5.70. The maximum Gasteiger partial charge on any atom is 0.155 e. The number of hydrogen-bond acceptors (Lipinski definition) is 5. The molecule has 0 bridgehead atoms. The number of nitrogen functional groups attached to an aromatic ring is 1. The summed E-state index contributed by atoms with van der Waals surface area (Å²) in [7, 11) is 0. The molecule has 1 aromatic rings. The van der Waals surface area contributed by atoms with Crippen LogP contribution in [-0.2, 0) is 0 Å².